The number of halogens is 2. The monoisotopic (exact) mass is 320 g/mol. The van der Waals surface area contributed by atoms with E-state index in [-0.39, 0.29) is 18.3 Å². The molecule has 2 N–H and O–H groups in total. The van der Waals surface area contributed by atoms with E-state index in [1.807, 2.05) is 12.1 Å². The van der Waals surface area contributed by atoms with Gasteiger partial charge in [-0.2, -0.15) is 0 Å². The first-order valence-electron chi connectivity index (χ1n) is 7.10. The maximum Gasteiger partial charge on any atom is 0.234 e. The third kappa shape index (κ3) is 5.47. The van der Waals surface area contributed by atoms with Crippen molar-refractivity contribution in [1.29, 1.82) is 0 Å². The molecule has 0 radical (unpaired) electrons. The normalized spacial score (nSPS) is 10.5. The van der Waals surface area contributed by atoms with Gasteiger partial charge in [-0.3, -0.25) is 4.79 Å². The molecule has 0 unspecified atom stereocenters. The van der Waals surface area contributed by atoms with Crippen molar-refractivity contribution in [3.8, 4) is 0 Å². The molecule has 116 valence electrons. The number of benzene rings is 2. The average Bonchev–Trinajstić information content (AvgIpc) is 2.52. The Balaban J connectivity index is 1.64. The first-order chi connectivity index (χ1) is 10.6. The Morgan fingerprint density at radius 3 is 2.55 bits per heavy atom. The van der Waals surface area contributed by atoms with E-state index < -0.39 is 0 Å². The van der Waals surface area contributed by atoms with Crippen molar-refractivity contribution in [3.63, 3.8) is 0 Å². The van der Waals surface area contributed by atoms with Gasteiger partial charge < -0.3 is 10.6 Å². The summed E-state index contributed by atoms with van der Waals surface area (Å²) in [5, 5.41) is 6.49. The Labute approximate surface area is 134 Å². The van der Waals surface area contributed by atoms with Crippen molar-refractivity contribution in [2.75, 3.05) is 13.1 Å². The van der Waals surface area contributed by atoms with Crippen molar-refractivity contribution in [3.05, 3.63) is 70.5 Å². The van der Waals surface area contributed by atoms with Gasteiger partial charge in [0.05, 0.1) is 6.54 Å². The summed E-state index contributed by atoms with van der Waals surface area (Å²) >= 11 is 5.80. The molecule has 0 aromatic heterocycles. The van der Waals surface area contributed by atoms with Gasteiger partial charge in [0.15, 0.2) is 0 Å². The number of rotatable bonds is 7. The Kier molecular flexibility index (Phi) is 6.37. The molecule has 2 aromatic carbocycles. The number of amides is 1. The zero-order valence-electron chi connectivity index (χ0n) is 12.1. The smallest absolute Gasteiger partial charge is 0.234 e. The predicted octanol–water partition coefficient (Wildman–Crippen LogP) is 2.93. The number of carbonyl (C=O) groups is 1. The summed E-state index contributed by atoms with van der Waals surface area (Å²) < 4.78 is 13.4. The van der Waals surface area contributed by atoms with Gasteiger partial charge in [0.1, 0.15) is 5.82 Å². The van der Waals surface area contributed by atoms with E-state index in [4.69, 9.17) is 11.6 Å². The second-order valence-corrected chi connectivity index (χ2v) is 5.36. The van der Waals surface area contributed by atoms with Crippen molar-refractivity contribution in [2.24, 2.45) is 0 Å². The second-order valence-electron chi connectivity index (χ2n) is 4.92. The van der Waals surface area contributed by atoms with E-state index in [0.29, 0.717) is 30.1 Å². The standard InChI is InChI=1S/C17H18ClFN2O/c18-15-7-5-13(6-8-15)11-21-17(22)12-20-10-9-14-3-1-2-4-16(14)19/h1-8,20H,9-12H2,(H,21,22). The van der Waals surface area contributed by atoms with Crippen LogP contribution in [0.15, 0.2) is 48.5 Å². The van der Waals surface area contributed by atoms with E-state index in [1.165, 1.54) is 6.07 Å². The summed E-state index contributed by atoms with van der Waals surface area (Å²) in [5.41, 5.74) is 1.64. The minimum absolute atomic E-state index is 0.0940. The van der Waals surface area contributed by atoms with Crippen LogP contribution in [0.25, 0.3) is 0 Å². The fourth-order valence-electron chi connectivity index (χ4n) is 1.99. The lowest BCUT2D eigenvalue weighted by Crippen LogP contribution is -2.34. The minimum Gasteiger partial charge on any atom is -0.351 e. The van der Waals surface area contributed by atoms with E-state index in [1.54, 1.807) is 30.3 Å². The first kappa shape index (κ1) is 16.5. The summed E-state index contributed by atoms with van der Waals surface area (Å²) in [5.74, 6) is -0.306. The molecule has 22 heavy (non-hydrogen) atoms. The van der Waals surface area contributed by atoms with Crippen LogP contribution in [0, 0.1) is 5.82 Å². The maximum atomic E-state index is 13.4. The quantitative estimate of drug-likeness (QED) is 0.770. The lowest BCUT2D eigenvalue weighted by molar-refractivity contribution is -0.120. The molecule has 0 aliphatic carbocycles. The third-order valence-corrected chi connectivity index (χ3v) is 3.47. The van der Waals surface area contributed by atoms with Crippen LogP contribution in [0.4, 0.5) is 4.39 Å². The van der Waals surface area contributed by atoms with Gasteiger partial charge in [-0.1, -0.05) is 41.9 Å². The molecule has 0 heterocycles. The van der Waals surface area contributed by atoms with Gasteiger partial charge in [-0.25, -0.2) is 4.39 Å². The van der Waals surface area contributed by atoms with E-state index in [9.17, 15) is 9.18 Å². The van der Waals surface area contributed by atoms with Crippen LogP contribution in [0.3, 0.4) is 0 Å². The van der Waals surface area contributed by atoms with Crippen LogP contribution in [0.2, 0.25) is 5.02 Å². The molecule has 0 fully saturated rings. The van der Waals surface area contributed by atoms with Crippen LogP contribution in [-0.2, 0) is 17.8 Å². The molecule has 1 amide bonds. The van der Waals surface area contributed by atoms with Crippen molar-refractivity contribution >= 4 is 17.5 Å². The topological polar surface area (TPSA) is 41.1 Å². The molecule has 5 heteroatoms. The first-order valence-corrected chi connectivity index (χ1v) is 7.48. The van der Waals surface area contributed by atoms with Crippen LogP contribution in [0.1, 0.15) is 11.1 Å². The molecule has 0 aliphatic rings. The number of carbonyl (C=O) groups excluding carboxylic acids is 1. The Hall–Kier alpha value is -1.91. The van der Waals surface area contributed by atoms with Crippen LogP contribution in [-0.4, -0.2) is 19.0 Å². The summed E-state index contributed by atoms with van der Waals surface area (Å²) in [6.07, 6.45) is 0.553. The molecule has 0 atom stereocenters. The number of hydrogen-bond acceptors (Lipinski definition) is 2. The number of nitrogens with one attached hydrogen (secondary N) is 2. The SMILES string of the molecule is O=C(CNCCc1ccccc1F)NCc1ccc(Cl)cc1. The van der Waals surface area contributed by atoms with Crippen LogP contribution >= 0.6 is 11.6 Å². The largest absolute Gasteiger partial charge is 0.351 e. The van der Waals surface area contributed by atoms with Crippen molar-refractivity contribution < 1.29 is 9.18 Å². The van der Waals surface area contributed by atoms with Gasteiger partial charge in [-0.05, 0) is 42.3 Å². The van der Waals surface area contributed by atoms with Crippen LogP contribution < -0.4 is 10.6 Å². The molecule has 0 saturated carbocycles. The zero-order valence-corrected chi connectivity index (χ0v) is 12.9. The average molecular weight is 321 g/mol. The van der Waals surface area contributed by atoms with Gasteiger partial charge in [-0.15, -0.1) is 0 Å². The highest BCUT2D eigenvalue weighted by Crippen LogP contribution is 2.09. The van der Waals surface area contributed by atoms with E-state index in [0.717, 1.165) is 5.56 Å². The molecule has 0 saturated heterocycles. The third-order valence-electron chi connectivity index (χ3n) is 3.22. The Morgan fingerprint density at radius 1 is 1.09 bits per heavy atom. The molecule has 0 spiro atoms. The van der Waals surface area contributed by atoms with Crippen molar-refractivity contribution in [1.82, 2.24) is 10.6 Å². The minimum atomic E-state index is -0.212. The molecular formula is C17H18ClFN2O. The second kappa shape index (κ2) is 8.51. The van der Waals surface area contributed by atoms with Crippen molar-refractivity contribution in [2.45, 2.75) is 13.0 Å². The summed E-state index contributed by atoms with van der Waals surface area (Å²) in [6, 6.07) is 14.0. The van der Waals surface area contributed by atoms with Crippen LogP contribution in [0.5, 0.6) is 0 Å². The predicted molar refractivity (Wildman–Crippen MR) is 86.3 cm³/mol. The highest BCUT2D eigenvalue weighted by Gasteiger charge is 2.03. The Morgan fingerprint density at radius 2 is 1.82 bits per heavy atom. The number of hydrogen-bond donors (Lipinski definition) is 2. The molecular weight excluding hydrogens is 303 g/mol. The molecule has 2 rings (SSSR count). The van der Waals surface area contributed by atoms with Gasteiger partial charge in [0.25, 0.3) is 0 Å². The summed E-state index contributed by atoms with van der Waals surface area (Å²) in [4.78, 5) is 11.7. The fourth-order valence-corrected chi connectivity index (χ4v) is 2.12. The summed E-state index contributed by atoms with van der Waals surface area (Å²) in [6.45, 7) is 1.22. The maximum absolute atomic E-state index is 13.4. The van der Waals surface area contributed by atoms with Gasteiger partial charge in [0.2, 0.25) is 5.91 Å². The molecule has 0 bridgehead atoms. The van der Waals surface area contributed by atoms with E-state index in [2.05, 4.69) is 10.6 Å². The highest BCUT2D eigenvalue weighted by molar-refractivity contribution is 6.30. The molecule has 0 aliphatic heterocycles. The lowest BCUT2D eigenvalue weighted by Gasteiger charge is -2.07. The molecule has 3 nitrogen and oxygen atoms in total. The van der Waals surface area contributed by atoms with E-state index >= 15 is 0 Å². The fraction of sp³-hybridized carbons (Fsp3) is 0.235. The molecule has 2 aromatic rings. The summed E-state index contributed by atoms with van der Waals surface area (Å²) in [7, 11) is 0. The van der Waals surface area contributed by atoms with Gasteiger partial charge >= 0.3 is 0 Å². The Bertz CT molecular complexity index is 616. The zero-order chi connectivity index (χ0) is 15.8. The highest BCUT2D eigenvalue weighted by atomic mass is 35.5. The van der Waals surface area contributed by atoms with Gasteiger partial charge in [0, 0.05) is 11.6 Å². The lowest BCUT2D eigenvalue weighted by atomic mass is 10.1.